The van der Waals surface area contributed by atoms with Gasteiger partial charge in [0.25, 0.3) is 0 Å². The molecule has 0 spiro atoms. The standard InChI is InChI=1S/C16H34OS/c1-2-3-4-10-13-16(18)14-11-8-6-5-7-9-12-15-17/h16-18H,2-15H2,1H3/t16-/m1/s1. The fourth-order valence-corrected chi connectivity index (χ4v) is 2.69. The number of hydrogen-bond acceptors (Lipinski definition) is 2. The van der Waals surface area contributed by atoms with Crippen LogP contribution in [0.2, 0.25) is 0 Å². The Hall–Kier alpha value is 0.310. The molecule has 0 aromatic carbocycles. The van der Waals surface area contributed by atoms with Gasteiger partial charge in [0.2, 0.25) is 0 Å². The zero-order chi connectivity index (χ0) is 13.5. The summed E-state index contributed by atoms with van der Waals surface area (Å²) < 4.78 is 0. The molecule has 0 saturated heterocycles. The second-order valence-corrected chi connectivity index (χ2v) is 6.22. The maximum absolute atomic E-state index is 8.66. The fourth-order valence-electron chi connectivity index (χ4n) is 2.33. The molecule has 0 unspecified atom stereocenters. The lowest BCUT2D eigenvalue weighted by molar-refractivity contribution is 0.282. The molecule has 0 amide bonds. The van der Waals surface area contributed by atoms with Gasteiger partial charge in [0, 0.05) is 11.9 Å². The van der Waals surface area contributed by atoms with Crippen molar-refractivity contribution in [2.75, 3.05) is 6.61 Å². The first-order chi connectivity index (χ1) is 8.81. The summed E-state index contributed by atoms with van der Waals surface area (Å²) in [5.41, 5.74) is 0. The van der Waals surface area contributed by atoms with Crippen molar-refractivity contribution < 1.29 is 5.11 Å². The minimum Gasteiger partial charge on any atom is -0.396 e. The molecular weight excluding hydrogens is 240 g/mol. The Kier molecular flexibility index (Phi) is 15.6. The van der Waals surface area contributed by atoms with Crippen LogP contribution in [-0.2, 0) is 0 Å². The zero-order valence-electron chi connectivity index (χ0n) is 12.4. The molecule has 18 heavy (non-hydrogen) atoms. The van der Waals surface area contributed by atoms with E-state index in [9.17, 15) is 0 Å². The summed E-state index contributed by atoms with van der Waals surface area (Å²) in [6.07, 6.45) is 17.0. The molecule has 0 fully saturated rings. The highest BCUT2D eigenvalue weighted by Crippen LogP contribution is 2.17. The zero-order valence-corrected chi connectivity index (χ0v) is 13.3. The van der Waals surface area contributed by atoms with E-state index >= 15 is 0 Å². The van der Waals surface area contributed by atoms with Crippen LogP contribution in [0.25, 0.3) is 0 Å². The summed E-state index contributed by atoms with van der Waals surface area (Å²) in [6, 6.07) is 0. The van der Waals surface area contributed by atoms with E-state index in [-0.39, 0.29) is 0 Å². The largest absolute Gasteiger partial charge is 0.396 e. The van der Waals surface area contributed by atoms with E-state index in [1.54, 1.807) is 0 Å². The molecule has 0 heterocycles. The molecule has 0 aliphatic heterocycles. The molecule has 1 N–H and O–H groups in total. The first kappa shape index (κ1) is 18.3. The van der Waals surface area contributed by atoms with Gasteiger partial charge in [-0.05, 0) is 19.3 Å². The third-order valence-electron chi connectivity index (χ3n) is 3.59. The quantitative estimate of drug-likeness (QED) is 0.322. The van der Waals surface area contributed by atoms with Gasteiger partial charge in [-0.25, -0.2) is 0 Å². The minimum atomic E-state index is 0.360. The number of aliphatic hydroxyl groups excluding tert-OH is 1. The van der Waals surface area contributed by atoms with Gasteiger partial charge >= 0.3 is 0 Å². The molecule has 110 valence electrons. The van der Waals surface area contributed by atoms with E-state index < -0.39 is 0 Å². The van der Waals surface area contributed by atoms with E-state index in [1.165, 1.54) is 77.0 Å². The van der Waals surface area contributed by atoms with Crippen LogP contribution in [0.3, 0.4) is 0 Å². The highest BCUT2D eigenvalue weighted by atomic mass is 32.1. The van der Waals surface area contributed by atoms with Gasteiger partial charge in [-0.1, -0.05) is 71.1 Å². The SMILES string of the molecule is CCCCCC[C@@H](S)CCCCCCCCCO. The van der Waals surface area contributed by atoms with Crippen molar-refractivity contribution in [2.45, 2.75) is 95.6 Å². The average Bonchev–Trinajstić information content (AvgIpc) is 2.38. The van der Waals surface area contributed by atoms with Gasteiger partial charge in [-0.3, -0.25) is 0 Å². The molecule has 0 aromatic rings. The third kappa shape index (κ3) is 14.4. The highest BCUT2D eigenvalue weighted by Gasteiger charge is 2.02. The maximum atomic E-state index is 8.66. The molecular formula is C16H34OS. The van der Waals surface area contributed by atoms with Gasteiger partial charge in [0.1, 0.15) is 0 Å². The van der Waals surface area contributed by atoms with E-state index in [0.29, 0.717) is 11.9 Å². The number of hydrogen-bond donors (Lipinski definition) is 2. The Morgan fingerprint density at radius 1 is 0.722 bits per heavy atom. The summed E-state index contributed by atoms with van der Waals surface area (Å²) in [4.78, 5) is 0. The summed E-state index contributed by atoms with van der Waals surface area (Å²) in [5.74, 6) is 0. The van der Waals surface area contributed by atoms with Crippen molar-refractivity contribution in [3.05, 3.63) is 0 Å². The molecule has 2 heteroatoms. The monoisotopic (exact) mass is 274 g/mol. The Morgan fingerprint density at radius 3 is 1.67 bits per heavy atom. The maximum Gasteiger partial charge on any atom is 0.0431 e. The molecule has 0 saturated carbocycles. The van der Waals surface area contributed by atoms with Crippen LogP contribution in [0.1, 0.15) is 90.4 Å². The van der Waals surface area contributed by atoms with Crippen LogP contribution >= 0.6 is 12.6 Å². The van der Waals surface area contributed by atoms with Crippen LogP contribution in [0.4, 0.5) is 0 Å². The Labute approximate surface area is 120 Å². The predicted octanol–water partition coefficient (Wildman–Crippen LogP) is 5.37. The van der Waals surface area contributed by atoms with Crippen LogP contribution in [0.5, 0.6) is 0 Å². The molecule has 0 aliphatic rings. The van der Waals surface area contributed by atoms with Crippen molar-refractivity contribution in [3.63, 3.8) is 0 Å². The second kappa shape index (κ2) is 15.4. The molecule has 1 nitrogen and oxygen atoms in total. The Morgan fingerprint density at radius 2 is 1.17 bits per heavy atom. The van der Waals surface area contributed by atoms with E-state index in [0.717, 1.165) is 6.42 Å². The molecule has 0 rings (SSSR count). The number of thiol groups is 1. The number of aliphatic hydroxyl groups is 1. The van der Waals surface area contributed by atoms with Gasteiger partial charge in [-0.15, -0.1) is 0 Å². The molecule has 0 aliphatic carbocycles. The van der Waals surface area contributed by atoms with Gasteiger partial charge < -0.3 is 5.11 Å². The highest BCUT2D eigenvalue weighted by molar-refractivity contribution is 7.80. The molecule has 0 aromatic heterocycles. The third-order valence-corrected chi connectivity index (χ3v) is 4.10. The summed E-state index contributed by atoms with van der Waals surface area (Å²) in [6.45, 7) is 2.62. The Balaban J connectivity index is 3.08. The van der Waals surface area contributed by atoms with E-state index in [2.05, 4.69) is 19.6 Å². The first-order valence-electron chi connectivity index (χ1n) is 8.10. The lowest BCUT2D eigenvalue weighted by Crippen LogP contribution is -1.98. The topological polar surface area (TPSA) is 20.2 Å². The van der Waals surface area contributed by atoms with Crippen LogP contribution in [-0.4, -0.2) is 17.0 Å². The van der Waals surface area contributed by atoms with Crippen molar-refractivity contribution in [1.82, 2.24) is 0 Å². The summed E-state index contributed by atoms with van der Waals surface area (Å²) in [7, 11) is 0. The average molecular weight is 275 g/mol. The van der Waals surface area contributed by atoms with Crippen molar-refractivity contribution in [3.8, 4) is 0 Å². The second-order valence-electron chi connectivity index (χ2n) is 5.49. The van der Waals surface area contributed by atoms with Gasteiger partial charge in [-0.2, -0.15) is 12.6 Å². The number of unbranched alkanes of at least 4 members (excludes halogenated alkanes) is 9. The molecule has 0 bridgehead atoms. The lowest BCUT2D eigenvalue weighted by Gasteiger charge is -2.10. The van der Waals surface area contributed by atoms with Crippen LogP contribution in [0.15, 0.2) is 0 Å². The Bertz CT molecular complexity index is 150. The van der Waals surface area contributed by atoms with Crippen LogP contribution < -0.4 is 0 Å². The molecule has 0 radical (unpaired) electrons. The van der Waals surface area contributed by atoms with Crippen molar-refractivity contribution >= 4 is 12.6 Å². The smallest absolute Gasteiger partial charge is 0.0431 e. The minimum absolute atomic E-state index is 0.360. The first-order valence-corrected chi connectivity index (χ1v) is 8.61. The van der Waals surface area contributed by atoms with E-state index in [1.807, 2.05) is 0 Å². The van der Waals surface area contributed by atoms with Gasteiger partial charge in [0.15, 0.2) is 0 Å². The number of rotatable bonds is 14. The van der Waals surface area contributed by atoms with Crippen LogP contribution in [0, 0.1) is 0 Å². The fraction of sp³-hybridized carbons (Fsp3) is 1.00. The lowest BCUT2D eigenvalue weighted by atomic mass is 10.0. The normalized spacial score (nSPS) is 12.8. The molecule has 1 atom stereocenters. The van der Waals surface area contributed by atoms with Gasteiger partial charge in [0.05, 0.1) is 0 Å². The summed E-state index contributed by atoms with van der Waals surface area (Å²) >= 11 is 4.68. The van der Waals surface area contributed by atoms with Crippen molar-refractivity contribution in [1.29, 1.82) is 0 Å². The predicted molar refractivity (Wildman–Crippen MR) is 85.6 cm³/mol. The van der Waals surface area contributed by atoms with Crippen molar-refractivity contribution in [2.24, 2.45) is 0 Å². The summed E-state index contributed by atoms with van der Waals surface area (Å²) in [5, 5.41) is 9.30. The van der Waals surface area contributed by atoms with E-state index in [4.69, 9.17) is 5.11 Å².